The van der Waals surface area contributed by atoms with Crippen LogP contribution in [0.2, 0.25) is 5.15 Å². The van der Waals surface area contributed by atoms with E-state index >= 15 is 0 Å². The second-order valence-electron chi connectivity index (χ2n) is 4.06. The summed E-state index contributed by atoms with van der Waals surface area (Å²) >= 11 is 5.85. The summed E-state index contributed by atoms with van der Waals surface area (Å²) in [5.74, 6) is 1.92. The Labute approximate surface area is 99.3 Å². The molecule has 0 aromatic carbocycles. The standard InChI is InChI=1S/C11H13ClN4/c12-9-2-1-8-7-10(15-11(8)14-9)16-5-3-13-4-6-16/h1-2,13H,3-7H2. The van der Waals surface area contributed by atoms with Crippen molar-refractivity contribution in [3.63, 3.8) is 0 Å². The third-order valence-electron chi connectivity index (χ3n) is 2.99. The van der Waals surface area contributed by atoms with Gasteiger partial charge in [-0.3, -0.25) is 0 Å². The minimum atomic E-state index is 0.518. The van der Waals surface area contributed by atoms with Crippen molar-refractivity contribution < 1.29 is 0 Å². The minimum Gasteiger partial charge on any atom is -0.357 e. The number of piperazine rings is 1. The molecular weight excluding hydrogens is 224 g/mol. The summed E-state index contributed by atoms with van der Waals surface area (Å²) in [6, 6.07) is 3.85. The lowest BCUT2D eigenvalue weighted by molar-refractivity contribution is 0.354. The highest BCUT2D eigenvalue weighted by atomic mass is 35.5. The molecule has 1 saturated heterocycles. The number of nitrogens with zero attached hydrogens (tertiary/aromatic N) is 3. The maximum atomic E-state index is 5.85. The molecule has 4 nitrogen and oxygen atoms in total. The molecule has 16 heavy (non-hydrogen) atoms. The molecule has 0 saturated carbocycles. The molecule has 0 unspecified atom stereocenters. The van der Waals surface area contributed by atoms with E-state index in [1.807, 2.05) is 12.1 Å². The van der Waals surface area contributed by atoms with Crippen LogP contribution in [0.3, 0.4) is 0 Å². The van der Waals surface area contributed by atoms with Crippen LogP contribution in [0.15, 0.2) is 17.1 Å². The van der Waals surface area contributed by atoms with E-state index in [2.05, 4.69) is 20.2 Å². The van der Waals surface area contributed by atoms with Crippen LogP contribution in [0.1, 0.15) is 5.56 Å². The Morgan fingerprint density at radius 3 is 2.88 bits per heavy atom. The molecule has 84 valence electrons. The monoisotopic (exact) mass is 236 g/mol. The third-order valence-corrected chi connectivity index (χ3v) is 3.20. The zero-order valence-corrected chi connectivity index (χ0v) is 9.67. The molecule has 0 atom stereocenters. The molecule has 0 aliphatic carbocycles. The molecule has 1 aromatic heterocycles. The van der Waals surface area contributed by atoms with E-state index in [0.717, 1.165) is 44.3 Å². The number of amidine groups is 1. The number of pyridine rings is 1. The predicted molar refractivity (Wildman–Crippen MR) is 64.5 cm³/mol. The summed E-state index contributed by atoms with van der Waals surface area (Å²) in [5, 5.41) is 3.85. The summed E-state index contributed by atoms with van der Waals surface area (Å²) < 4.78 is 0. The summed E-state index contributed by atoms with van der Waals surface area (Å²) in [4.78, 5) is 11.1. The first-order valence-corrected chi connectivity index (χ1v) is 5.89. The lowest BCUT2D eigenvalue weighted by atomic mass is 10.2. The molecule has 0 spiro atoms. The van der Waals surface area contributed by atoms with E-state index in [-0.39, 0.29) is 0 Å². The maximum Gasteiger partial charge on any atom is 0.159 e. The van der Waals surface area contributed by atoms with Crippen molar-refractivity contribution in [3.8, 4) is 0 Å². The molecule has 2 aliphatic heterocycles. The predicted octanol–water partition coefficient (Wildman–Crippen LogP) is 1.23. The van der Waals surface area contributed by atoms with Gasteiger partial charge < -0.3 is 10.2 Å². The van der Waals surface area contributed by atoms with Gasteiger partial charge in [-0.2, -0.15) is 0 Å². The lowest BCUT2D eigenvalue weighted by Gasteiger charge is -2.28. The summed E-state index contributed by atoms with van der Waals surface area (Å²) in [6.45, 7) is 4.12. The Hall–Kier alpha value is -1.13. The molecular formula is C11H13ClN4. The quantitative estimate of drug-likeness (QED) is 0.689. The fraction of sp³-hybridized carbons (Fsp3) is 0.455. The average molecular weight is 237 g/mol. The van der Waals surface area contributed by atoms with Crippen LogP contribution in [0.25, 0.3) is 0 Å². The molecule has 0 bridgehead atoms. The minimum absolute atomic E-state index is 0.518. The van der Waals surface area contributed by atoms with Crippen molar-refractivity contribution in [3.05, 3.63) is 22.8 Å². The number of hydrogen-bond donors (Lipinski definition) is 1. The van der Waals surface area contributed by atoms with Crippen molar-refractivity contribution in [2.24, 2.45) is 4.99 Å². The van der Waals surface area contributed by atoms with Crippen molar-refractivity contribution in [1.82, 2.24) is 15.2 Å². The Bertz CT molecular complexity index is 438. The Kier molecular flexibility index (Phi) is 2.53. The Balaban J connectivity index is 1.83. The molecule has 5 heteroatoms. The van der Waals surface area contributed by atoms with Crippen molar-refractivity contribution in [2.45, 2.75) is 6.42 Å². The highest BCUT2D eigenvalue weighted by Crippen LogP contribution is 2.27. The van der Waals surface area contributed by atoms with Crippen LogP contribution < -0.4 is 5.32 Å². The van der Waals surface area contributed by atoms with Gasteiger partial charge in [0, 0.05) is 38.2 Å². The molecule has 0 radical (unpaired) electrons. The van der Waals surface area contributed by atoms with Gasteiger partial charge in [-0.1, -0.05) is 17.7 Å². The number of halogens is 1. The molecule has 2 aliphatic rings. The van der Waals surface area contributed by atoms with Gasteiger partial charge in [0.1, 0.15) is 11.0 Å². The van der Waals surface area contributed by atoms with Gasteiger partial charge in [0.05, 0.1) is 0 Å². The van der Waals surface area contributed by atoms with Gasteiger partial charge in [0.25, 0.3) is 0 Å². The molecule has 1 fully saturated rings. The van der Waals surface area contributed by atoms with Gasteiger partial charge in [0.2, 0.25) is 0 Å². The largest absolute Gasteiger partial charge is 0.357 e. The van der Waals surface area contributed by atoms with E-state index < -0.39 is 0 Å². The fourth-order valence-corrected chi connectivity index (χ4v) is 2.27. The summed E-state index contributed by atoms with van der Waals surface area (Å²) in [7, 11) is 0. The number of hydrogen-bond acceptors (Lipinski definition) is 4. The summed E-state index contributed by atoms with van der Waals surface area (Å²) in [6.07, 6.45) is 0.888. The smallest absolute Gasteiger partial charge is 0.159 e. The van der Waals surface area contributed by atoms with Crippen LogP contribution in [-0.2, 0) is 6.42 Å². The Morgan fingerprint density at radius 1 is 1.25 bits per heavy atom. The zero-order chi connectivity index (χ0) is 11.0. The molecule has 0 amide bonds. The van der Waals surface area contributed by atoms with Crippen molar-refractivity contribution >= 4 is 23.3 Å². The highest BCUT2D eigenvalue weighted by molar-refractivity contribution is 6.29. The zero-order valence-electron chi connectivity index (χ0n) is 8.91. The topological polar surface area (TPSA) is 40.5 Å². The second-order valence-corrected chi connectivity index (χ2v) is 4.45. The average Bonchev–Trinajstić information content (AvgIpc) is 2.73. The highest BCUT2D eigenvalue weighted by Gasteiger charge is 2.22. The van der Waals surface area contributed by atoms with Crippen LogP contribution >= 0.6 is 11.6 Å². The molecule has 3 rings (SSSR count). The van der Waals surface area contributed by atoms with Gasteiger partial charge in [-0.05, 0) is 6.07 Å². The summed E-state index contributed by atoms with van der Waals surface area (Å²) in [5.41, 5.74) is 1.18. The first kappa shape index (κ1) is 10.1. The number of aliphatic imine (C=N–C) groups is 1. The van der Waals surface area contributed by atoms with E-state index in [9.17, 15) is 0 Å². The number of nitrogens with one attached hydrogen (secondary N) is 1. The molecule has 1 N–H and O–H groups in total. The maximum absolute atomic E-state index is 5.85. The number of aromatic nitrogens is 1. The number of rotatable bonds is 0. The van der Waals surface area contributed by atoms with Crippen LogP contribution in [-0.4, -0.2) is 41.9 Å². The normalized spacial score (nSPS) is 19.6. The first-order valence-electron chi connectivity index (χ1n) is 5.51. The number of fused-ring (bicyclic) bond motifs is 1. The van der Waals surface area contributed by atoms with Gasteiger partial charge >= 0.3 is 0 Å². The van der Waals surface area contributed by atoms with Gasteiger partial charge in [-0.15, -0.1) is 0 Å². The van der Waals surface area contributed by atoms with Crippen molar-refractivity contribution in [2.75, 3.05) is 26.2 Å². The first-order chi connectivity index (χ1) is 7.83. The van der Waals surface area contributed by atoms with Crippen molar-refractivity contribution in [1.29, 1.82) is 0 Å². The fourth-order valence-electron chi connectivity index (χ4n) is 2.13. The van der Waals surface area contributed by atoms with E-state index in [1.165, 1.54) is 5.56 Å². The van der Waals surface area contributed by atoms with E-state index in [1.54, 1.807) is 0 Å². The third kappa shape index (κ3) is 1.79. The van der Waals surface area contributed by atoms with Gasteiger partial charge in [-0.25, -0.2) is 9.98 Å². The SMILES string of the molecule is Clc1ccc2c(n1)N=C(N1CCNCC1)C2. The van der Waals surface area contributed by atoms with E-state index in [0.29, 0.717) is 5.15 Å². The Morgan fingerprint density at radius 2 is 2.06 bits per heavy atom. The van der Waals surface area contributed by atoms with Crippen LogP contribution in [0.5, 0.6) is 0 Å². The van der Waals surface area contributed by atoms with Crippen LogP contribution in [0, 0.1) is 0 Å². The van der Waals surface area contributed by atoms with Gasteiger partial charge in [0.15, 0.2) is 5.82 Å². The molecule has 3 heterocycles. The van der Waals surface area contributed by atoms with E-state index in [4.69, 9.17) is 11.6 Å². The second kappa shape index (κ2) is 4.03. The van der Waals surface area contributed by atoms with Crippen LogP contribution in [0.4, 0.5) is 5.82 Å². The molecule has 1 aromatic rings. The lowest BCUT2D eigenvalue weighted by Crippen LogP contribution is -2.46.